The average Bonchev–Trinajstić information content (AvgIpc) is 3.00. The van der Waals surface area contributed by atoms with Crippen molar-refractivity contribution < 1.29 is 19.5 Å². The third kappa shape index (κ3) is 4.17. The summed E-state index contributed by atoms with van der Waals surface area (Å²) in [5.41, 5.74) is -0.799. The van der Waals surface area contributed by atoms with Crippen LogP contribution in [0, 0.1) is 5.41 Å². The van der Waals surface area contributed by atoms with Gasteiger partial charge >= 0.3 is 12.0 Å². The maximum atomic E-state index is 11.8. The van der Waals surface area contributed by atoms with E-state index in [1.165, 1.54) is 0 Å². The summed E-state index contributed by atoms with van der Waals surface area (Å²) in [5, 5.41) is 14.2. The first kappa shape index (κ1) is 15.8. The summed E-state index contributed by atoms with van der Waals surface area (Å²) < 4.78 is 0. The molecule has 2 rings (SSSR count). The summed E-state index contributed by atoms with van der Waals surface area (Å²) in [4.78, 5) is 36.4. The molecule has 0 aromatic heterocycles. The molecule has 3 N–H and O–H groups in total. The molecule has 1 heterocycles. The van der Waals surface area contributed by atoms with Crippen LogP contribution in [0.25, 0.3) is 0 Å². The molecule has 0 aromatic carbocycles. The Bertz CT molecular complexity index is 434. The standard InChI is InChI=1S/C14H23N3O4/c1-14(12(19)20)6-7-17(9-14)8-11(18)16-13(21)15-10-4-2-3-5-10/h10H,2-9H2,1H3,(H,19,20)(H2,15,16,18,21). The van der Waals surface area contributed by atoms with Crippen molar-refractivity contribution >= 4 is 17.9 Å². The van der Waals surface area contributed by atoms with E-state index in [1.54, 1.807) is 11.8 Å². The van der Waals surface area contributed by atoms with E-state index in [0.29, 0.717) is 19.5 Å². The number of carboxylic acids is 1. The number of amides is 3. The van der Waals surface area contributed by atoms with E-state index in [9.17, 15) is 14.4 Å². The first-order valence-corrected chi connectivity index (χ1v) is 7.45. The molecule has 1 aliphatic carbocycles. The molecular weight excluding hydrogens is 274 g/mol. The van der Waals surface area contributed by atoms with Gasteiger partial charge < -0.3 is 10.4 Å². The minimum absolute atomic E-state index is 0.0565. The largest absolute Gasteiger partial charge is 0.481 e. The van der Waals surface area contributed by atoms with Crippen molar-refractivity contribution in [3.63, 3.8) is 0 Å². The fraction of sp³-hybridized carbons (Fsp3) is 0.786. The van der Waals surface area contributed by atoms with Crippen molar-refractivity contribution in [1.29, 1.82) is 0 Å². The third-order valence-electron chi connectivity index (χ3n) is 4.38. The van der Waals surface area contributed by atoms with Gasteiger partial charge in [-0.15, -0.1) is 0 Å². The average molecular weight is 297 g/mol. The second-order valence-corrected chi connectivity index (χ2v) is 6.33. The monoisotopic (exact) mass is 297 g/mol. The lowest BCUT2D eigenvalue weighted by Crippen LogP contribution is -2.47. The van der Waals surface area contributed by atoms with Gasteiger partial charge in [-0.1, -0.05) is 12.8 Å². The van der Waals surface area contributed by atoms with Crippen molar-refractivity contribution in [1.82, 2.24) is 15.5 Å². The number of carbonyl (C=O) groups excluding carboxylic acids is 2. The van der Waals surface area contributed by atoms with Crippen LogP contribution in [0.4, 0.5) is 4.79 Å². The molecule has 7 heteroatoms. The Morgan fingerprint density at radius 3 is 2.52 bits per heavy atom. The highest BCUT2D eigenvalue weighted by Gasteiger charge is 2.40. The molecule has 118 valence electrons. The number of hydrogen-bond acceptors (Lipinski definition) is 4. The molecule has 1 aliphatic heterocycles. The number of nitrogens with zero attached hydrogens (tertiary/aromatic N) is 1. The Labute approximate surface area is 124 Å². The number of imide groups is 1. The number of nitrogens with one attached hydrogen (secondary N) is 2. The smallest absolute Gasteiger partial charge is 0.321 e. The number of rotatable bonds is 4. The molecule has 1 saturated heterocycles. The lowest BCUT2D eigenvalue weighted by atomic mass is 9.90. The number of likely N-dealkylation sites (tertiary alicyclic amines) is 1. The fourth-order valence-corrected chi connectivity index (χ4v) is 3.03. The van der Waals surface area contributed by atoms with E-state index in [-0.39, 0.29) is 18.5 Å². The second kappa shape index (κ2) is 6.43. The molecular formula is C14H23N3O4. The van der Waals surface area contributed by atoms with Crippen LogP contribution in [-0.2, 0) is 9.59 Å². The van der Waals surface area contributed by atoms with E-state index in [2.05, 4.69) is 10.6 Å². The van der Waals surface area contributed by atoms with Crippen LogP contribution in [0.3, 0.4) is 0 Å². The summed E-state index contributed by atoms with van der Waals surface area (Å²) in [6.45, 7) is 2.63. The summed E-state index contributed by atoms with van der Waals surface area (Å²) in [5.74, 6) is -1.23. The van der Waals surface area contributed by atoms with Crippen molar-refractivity contribution in [3.8, 4) is 0 Å². The molecule has 1 atom stereocenters. The van der Waals surface area contributed by atoms with Crippen LogP contribution in [0.2, 0.25) is 0 Å². The lowest BCUT2D eigenvalue weighted by Gasteiger charge is -2.19. The van der Waals surface area contributed by atoms with Gasteiger partial charge in [0.2, 0.25) is 5.91 Å². The van der Waals surface area contributed by atoms with Gasteiger partial charge in [-0.3, -0.25) is 19.8 Å². The Hall–Kier alpha value is -1.63. The summed E-state index contributed by atoms with van der Waals surface area (Å²) >= 11 is 0. The van der Waals surface area contributed by atoms with Gasteiger partial charge in [0, 0.05) is 12.6 Å². The van der Waals surface area contributed by atoms with Gasteiger partial charge in [0.25, 0.3) is 0 Å². The number of aliphatic carboxylic acids is 1. The van der Waals surface area contributed by atoms with E-state index >= 15 is 0 Å². The van der Waals surface area contributed by atoms with Crippen molar-refractivity contribution in [2.75, 3.05) is 19.6 Å². The van der Waals surface area contributed by atoms with Gasteiger partial charge in [-0.2, -0.15) is 0 Å². The van der Waals surface area contributed by atoms with E-state index < -0.39 is 17.4 Å². The maximum absolute atomic E-state index is 11.8. The number of carboxylic acid groups (broad SMARTS) is 1. The maximum Gasteiger partial charge on any atom is 0.321 e. The molecule has 0 bridgehead atoms. The van der Waals surface area contributed by atoms with Gasteiger partial charge in [0.1, 0.15) is 0 Å². The third-order valence-corrected chi connectivity index (χ3v) is 4.38. The van der Waals surface area contributed by atoms with Crippen LogP contribution in [0.1, 0.15) is 39.0 Å². The highest BCUT2D eigenvalue weighted by molar-refractivity contribution is 5.95. The van der Waals surface area contributed by atoms with Gasteiger partial charge in [0.15, 0.2) is 0 Å². The van der Waals surface area contributed by atoms with Crippen LogP contribution in [-0.4, -0.2) is 53.6 Å². The first-order valence-electron chi connectivity index (χ1n) is 7.45. The molecule has 21 heavy (non-hydrogen) atoms. The normalized spacial score (nSPS) is 26.7. The Kier molecular flexibility index (Phi) is 4.82. The van der Waals surface area contributed by atoms with Gasteiger partial charge in [-0.05, 0) is 32.7 Å². The minimum atomic E-state index is -0.843. The molecule has 0 spiro atoms. The van der Waals surface area contributed by atoms with Crippen LogP contribution in [0.15, 0.2) is 0 Å². The summed E-state index contributed by atoms with van der Waals surface area (Å²) in [6.07, 6.45) is 4.67. The van der Waals surface area contributed by atoms with Crippen LogP contribution >= 0.6 is 0 Å². The van der Waals surface area contributed by atoms with Crippen LogP contribution < -0.4 is 10.6 Å². The lowest BCUT2D eigenvalue weighted by molar-refractivity contribution is -0.147. The molecule has 7 nitrogen and oxygen atoms in total. The molecule has 3 amide bonds. The molecule has 2 fully saturated rings. The van der Waals surface area contributed by atoms with Crippen molar-refractivity contribution in [3.05, 3.63) is 0 Å². The zero-order valence-electron chi connectivity index (χ0n) is 12.4. The van der Waals surface area contributed by atoms with Crippen molar-refractivity contribution in [2.24, 2.45) is 5.41 Å². The fourth-order valence-electron chi connectivity index (χ4n) is 3.03. The number of hydrogen-bond donors (Lipinski definition) is 3. The molecule has 2 aliphatic rings. The zero-order valence-corrected chi connectivity index (χ0v) is 12.4. The summed E-state index contributed by atoms with van der Waals surface area (Å²) in [7, 11) is 0. The number of urea groups is 1. The number of carbonyl (C=O) groups is 3. The predicted octanol–water partition coefficient (Wildman–Crippen LogP) is 0.551. The topological polar surface area (TPSA) is 98.7 Å². The Balaban J connectivity index is 1.72. The SMILES string of the molecule is CC1(C(=O)O)CCN(CC(=O)NC(=O)NC2CCCC2)C1. The summed E-state index contributed by atoms with van der Waals surface area (Å²) in [6, 6.07) is -0.285. The van der Waals surface area contributed by atoms with Gasteiger partial charge in [0.05, 0.1) is 12.0 Å². The van der Waals surface area contributed by atoms with Crippen LogP contribution in [0.5, 0.6) is 0 Å². The van der Waals surface area contributed by atoms with E-state index in [0.717, 1.165) is 25.7 Å². The van der Waals surface area contributed by atoms with Crippen molar-refractivity contribution in [2.45, 2.75) is 45.1 Å². The molecule has 1 saturated carbocycles. The van der Waals surface area contributed by atoms with Gasteiger partial charge in [-0.25, -0.2) is 4.79 Å². The Morgan fingerprint density at radius 1 is 1.29 bits per heavy atom. The highest BCUT2D eigenvalue weighted by atomic mass is 16.4. The molecule has 0 aromatic rings. The second-order valence-electron chi connectivity index (χ2n) is 6.33. The zero-order chi connectivity index (χ0) is 15.5. The predicted molar refractivity (Wildman–Crippen MR) is 75.7 cm³/mol. The molecule has 1 unspecified atom stereocenters. The first-order chi connectivity index (χ1) is 9.89. The Morgan fingerprint density at radius 2 is 1.95 bits per heavy atom. The quantitative estimate of drug-likeness (QED) is 0.704. The highest BCUT2D eigenvalue weighted by Crippen LogP contribution is 2.29. The minimum Gasteiger partial charge on any atom is -0.481 e. The van der Waals surface area contributed by atoms with E-state index in [4.69, 9.17) is 5.11 Å². The molecule has 0 radical (unpaired) electrons. The van der Waals surface area contributed by atoms with E-state index in [1.807, 2.05) is 0 Å².